The number of rotatable bonds is 4. The van der Waals surface area contributed by atoms with Crippen LogP contribution in [0.4, 0.5) is 0 Å². The van der Waals surface area contributed by atoms with Crippen molar-refractivity contribution in [2.24, 2.45) is 0 Å². The molecule has 2 heterocycles. The number of hydrogen-bond acceptors (Lipinski definition) is 0. The summed E-state index contributed by atoms with van der Waals surface area (Å²) in [7, 11) is -4.45. The molecule has 0 saturated heterocycles. The largest absolute Gasteiger partial charge is 0.113 e. The van der Waals surface area contributed by atoms with Crippen molar-refractivity contribution < 1.29 is 0 Å². The molecule has 10 aromatic carbocycles. The summed E-state index contributed by atoms with van der Waals surface area (Å²) in [5.41, 5.74) is 16.2. The molecule has 0 spiro atoms. The number of fused-ring (bicyclic) bond motifs is 12. The van der Waals surface area contributed by atoms with E-state index in [0.717, 1.165) is 0 Å². The lowest BCUT2D eigenvalue weighted by Crippen LogP contribution is -2.63. The van der Waals surface area contributed by atoms with Gasteiger partial charge < -0.3 is 0 Å². The van der Waals surface area contributed by atoms with Crippen molar-refractivity contribution >= 4 is 69.2 Å². The van der Waals surface area contributed by atoms with Gasteiger partial charge >= 0.3 is 0 Å². The highest BCUT2D eigenvalue weighted by Crippen LogP contribution is 2.45. The van der Waals surface area contributed by atoms with Gasteiger partial charge in [0.2, 0.25) is 0 Å². The third-order valence-electron chi connectivity index (χ3n) is 14.0. The molecule has 2 heteroatoms. The van der Waals surface area contributed by atoms with E-state index in [9.17, 15) is 0 Å². The van der Waals surface area contributed by atoms with Crippen LogP contribution in [0.5, 0.6) is 0 Å². The molecule has 12 rings (SSSR count). The van der Waals surface area contributed by atoms with E-state index in [1.165, 1.54) is 99.1 Å². The van der Waals surface area contributed by atoms with Crippen LogP contribution in [-0.4, -0.2) is 16.1 Å². The summed E-state index contributed by atoms with van der Waals surface area (Å²) in [6, 6.07) is 73.4. The van der Waals surface area contributed by atoms with Crippen molar-refractivity contribution in [3.63, 3.8) is 0 Å². The molecule has 0 bridgehead atoms. The van der Waals surface area contributed by atoms with Crippen molar-refractivity contribution in [2.75, 3.05) is 0 Å². The molecule has 0 N–H and O–H groups in total. The van der Waals surface area contributed by atoms with Gasteiger partial charge in [-0.1, -0.05) is 196 Å². The maximum atomic E-state index is 2.63. The van der Waals surface area contributed by atoms with E-state index in [1.807, 2.05) is 0 Å². The van der Waals surface area contributed by atoms with E-state index in [4.69, 9.17) is 0 Å². The second kappa shape index (κ2) is 13.0. The van der Waals surface area contributed by atoms with E-state index in [2.05, 4.69) is 220 Å². The Morgan fingerprint density at radius 3 is 0.950 bits per heavy atom. The van der Waals surface area contributed by atoms with Gasteiger partial charge in [0.25, 0.3) is 0 Å². The topological polar surface area (TPSA) is 0 Å². The summed E-state index contributed by atoms with van der Waals surface area (Å²) in [4.78, 5) is 0. The third-order valence-corrected chi connectivity index (χ3v) is 21.2. The van der Waals surface area contributed by atoms with Gasteiger partial charge in [0, 0.05) is 0 Å². The van der Waals surface area contributed by atoms with Crippen LogP contribution in [0.15, 0.2) is 194 Å². The van der Waals surface area contributed by atoms with E-state index in [-0.39, 0.29) is 0 Å². The zero-order valence-corrected chi connectivity index (χ0v) is 36.5. The van der Waals surface area contributed by atoms with Crippen molar-refractivity contribution in [1.29, 1.82) is 0 Å². The maximum absolute atomic E-state index is 2.63. The highest BCUT2D eigenvalue weighted by Gasteiger charge is 2.49. The van der Waals surface area contributed by atoms with Crippen LogP contribution in [0.3, 0.4) is 0 Å². The molecule has 0 nitrogen and oxygen atoms in total. The van der Waals surface area contributed by atoms with Crippen LogP contribution in [0, 0.1) is 0 Å². The van der Waals surface area contributed by atoms with Crippen molar-refractivity contribution in [3.05, 3.63) is 194 Å². The van der Waals surface area contributed by atoms with Crippen LogP contribution in [-0.2, 0) is 0 Å². The van der Waals surface area contributed by atoms with Crippen LogP contribution in [0.1, 0.15) is 0 Å². The first-order chi connectivity index (χ1) is 29.3. The van der Waals surface area contributed by atoms with Crippen molar-refractivity contribution in [2.45, 2.75) is 26.2 Å². The molecule has 0 saturated carbocycles. The van der Waals surface area contributed by atoms with Crippen LogP contribution in [0.2, 0.25) is 26.2 Å². The molecule has 2 aliphatic rings. The Labute approximate surface area is 354 Å². The Hall–Kier alpha value is -6.59. The summed E-state index contributed by atoms with van der Waals surface area (Å²) < 4.78 is 0. The van der Waals surface area contributed by atoms with Crippen molar-refractivity contribution in [3.8, 4) is 66.8 Å². The highest BCUT2D eigenvalue weighted by molar-refractivity contribution is 7.13. The Balaban J connectivity index is 1.06. The monoisotopic (exact) mass is 796 g/mol. The van der Waals surface area contributed by atoms with Gasteiger partial charge in [-0.2, -0.15) is 0 Å². The Kier molecular flexibility index (Phi) is 7.64. The number of hydrogen-bond donors (Lipinski definition) is 0. The summed E-state index contributed by atoms with van der Waals surface area (Å²) >= 11 is 0. The Bertz CT molecular complexity index is 3180. The minimum atomic E-state index is -2.22. The predicted molar refractivity (Wildman–Crippen MR) is 265 cm³/mol. The lowest BCUT2D eigenvalue weighted by molar-refractivity contribution is 1.61. The fraction of sp³-hybridized carbons (Fsp3) is 0.0690. The lowest BCUT2D eigenvalue weighted by atomic mass is 9.88. The summed E-state index contributed by atoms with van der Waals surface area (Å²) in [5.74, 6) is 0. The summed E-state index contributed by atoms with van der Waals surface area (Å²) in [6.07, 6.45) is 0. The smallest absolute Gasteiger partial charge is 0.0622 e. The van der Waals surface area contributed by atoms with Gasteiger partial charge in [0.15, 0.2) is 0 Å². The second-order valence-corrected chi connectivity index (χ2v) is 26.6. The molecule has 0 aromatic heterocycles. The average molecular weight is 797 g/mol. The fourth-order valence-corrected chi connectivity index (χ4v) is 19.6. The summed E-state index contributed by atoms with van der Waals surface area (Å²) in [5, 5.41) is 14.4. The van der Waals surface area contributed by atoms with Gasteiger partial charge in [0.1, 0.15) is 16.1 Å². The molecule has 60 heavy (non-hydrogen) atoms. The van der Waals surface area contributed by atoms with Crippen LogP contribution < -0.4 is 20.7 Å². The van der Waals surface area contributed by atoms with E-state index >= 15 is 0 Å². The first-order valence-electron chi connectivity index (χ1n) is 21.3. The first kappa shape index (κ1) is 35.4. The molecule has 0 fully saturated rings. The maximum Gasteiger partial charge on any atom is 0.113 e. The summed E-state index contributed by atoms with van der Waals surface area (Å²) in [6.45, 7) is 10.5. The first-order valence-corrected chi connectivity index (χ1v) is 27.3. The van der Waals surface area contributed by atoms with E-state index in [1.54, 1.807) is 20.7 Å². The molecule has 0 radical (unpaired) electrons. The fourth-order valence-electron chi connectivity index (χ4n) is 11.1. The minimum Gasteiger partial charge on any atom is -0.0622 e. The molecular formula is C58H44Si2. The Morgan fingerprint density at radius 2 is 0.583 bits per heavy atom. The highest BCUT2D eigenvalue weighted by atomic mass is 28.3. The quantitative estimate of drug-likeness (QED) is 0.156. The van der Waals surface area contributed by atoms with Gasteiger partial charge in [0.05, 0.1) is 0 Å². The predicted octanol–water partition coefficient (Wildman–Crippen LogP) is 13.4. The van der Waals surface area contributed by atoms with Crippen LogP contribution >= 0.6 is 0 Å². The van der Waals surface area contributed by atoms with Gasteiger partial charge in [-0.15, -0.1) is 0 Å². The average Bonchev–Trinajstić information content (AvgIpc) is 3.67. The molecule has 0 unspecified atom stereocenters. The normalized spacial score (nSPS) is 14.3. The second-order valence-electron chi connectivity index (χ2n) is 18.0. The van der Waals surface area contributed by atoms with E-state index < -0.39 is 16.1 Å². The van der Waals surface area contributed by atoms with Crippen LogP contribution in [0.25, 0.3) is 99.1 Å². The van der Waals surface area contributed by atoms with Gasteiger partial charge in [-0.05, 0) is 144 Å². The SMILES string of the molecule is C[Si]1(C)c2cc(-c3cc4ccccc4cc3-c3ccccc3)ccc2-c2c1c1c(c3ccccc23)-c2ccc(-c3cc4ccccc4cc3-c3ccccc3)cc2[Si]1(C)C. The lowest BCUT2D eigenvalue weighted by Gasteiger charge is -2.29. The minimum absolute atomic E-state index is 1.26. The zero-order valence-electron chi connectivity index (χ0n) is 34.5. The van der Waals surface area contributed by atoms with Crippen molar-refractivity contribution in [1.82, 2.24) is 0 Å². The third kappa shape index (κ3) is 5.08. The number of benzene rings is 10. The molecular weight excluding hydrogens is 753 g/mol. The molecule has 0 amide bonds. The molecule has 2 aliphatic heterocycles. The van der Waals surface area contributed by atoms with Gasteiger partial charge in [-0.25, -0.2) is 0 Å². The molecule has 0 atom stereocenters. The molecule has 284 valence electrons. The van der Waals surface area contributed by atoms with E-state index in [0.29, 0.717) is 0 Å². The molecule has 10 aromatic rings. The Morgan fingerprint density at radius 1 is 0.267 bits per heavy atom. The molecule has 0 aliphatic carbocycles. The zero-order chi connectivity index (χ0) is 40.3. The standard InChI is InChI=1S/C58H44Si2/c1-59(2)53-35-43(51-33-41-23-13-11-21-39(41)31-49(51)37-17-7-5-8-18-37)27-29-47(53)55-45-25-15-16-26-46(45)56-48-30-28-44(36-54(48)60(3,4)58(56)57(55)59)52-34-42-24-14-12-22-40(42)32-50(52)38-19-9-6-10-20-38/h5-36H,1-4H3. The van der Waals surface area contributed by atoms with Gasteiger partial charge in [-0.3, -0.25) is 0 Å².